The summed E-state index contributed by atoms with van der Waals surface area (Å²) in [6.45, 7) is 5.49. The molecule has 3 aromatic carbocycles. The molecule has 200 valence electrons. The van der Waals surface area contributed by atoms with Crippen molar-refractivity contribution < 1.29 is 18.7 Å². The number of amides is 3. The van der Waals surface area contributed by atoms with E-state index in [1.807, 2.05) is 37.3 Å². The second kappa shape index (κ2) is 12.5. The summed E-state index contributed by atoms with van der Waals surface area (Å²) in [6, 6.07) is 16.6. The number of benzene rings is 3. The maximum atomic E-state index is 13.4. The second-order valence-corrected chi connectivity index (χ2v) is 9.25. The van der Waals surface area contributed by atoms with Crippen molar-refractivity contribution in [3.63, 3.8) is 0 Å². The van der Waals surface area contributed by atoms with Crippen LogP contribution in [0.2, 0.25) is 5.02 Å². The lowest BCUT2D eigenvalue weighted by atomic mass is 10.1. The molecule has 3 amide bonds. The first kappa shape index (κ1) is 27.1. The molecule has 3 aromatic rings. The van der Waals surface area contributed by atoms with E-state index in [4.69, 9.17) is 16.3 Å². The number of ether oxygens (including phenoxy) is 1. The maximum absolute atomic E-state index is 13.4. The average molecular weight is 540 g/mol. The highest BCUT2D eigenvalue weighted by Crippen LogP contribution is 2.31. The molecule has 38 heavy (non-hydrogen) atoms. The van der Waals surface area contributed by atoms with Crippen molar-refractivity contribution in [3.05, 3.63) is 77.1 Å². The first-order valence-electron chi connectivity index (χ1n) is 12.5. The van der Waals surface area contributed by atoms with Crippen molar-refractivity contribution in [2.45, 2.75) is 13.3 Å². The highest BCUT2D eigenvalue weighted by Gasteiger charge is 2.24. The summed E-state index contributed by atoms with van der Waals surface area (Å²) in [7, 11) is 1.67. The Hall–Kier alpha value is -3.98. The van der Waals surface area contributed by atoms with Gasteiger partial charge in [-0.05, 0) is 55.0 Å². The van der Waals surface area contributed by atoms with Gasteiger partial charge in [-0.25, -0.2) is 9.18 Å². The third kappa shape index (κ3) is 6.47. The Morgan fingerprint density at radius 1 is 0.921 bits per heavy atom. The fourth-order valence-corrected chi connectivity index (χ4v) is 4.53. The fraction of sp³-hybridized carbons (Fsp3) is 0.286. The van der Waals surface area contributed by atoms with Crippen molar-refractivity contribution >= 4 is 46.3 Å². The topological polar surface area (TPSA) is 85.9 Å². The fourth-order valence-electron chi connectivity index (χ4n) is 4.35. The van der Waals surface area contributed by atoms with E-state index in [0.717, 1.165) is 36.6 Å². The second-order valence-electron chi connectivity index (χ2n) is 8.84. The summed E-state index contributed by atoms with van der Waals surface area (Å²) in [5, 5.41) is 8.21. The van der Waals surface area contributed by atoms with E-state index < -0.39 is 11.8 Å². The van der Waals surface area contributed by atoms with Gasteiger partial charge in [-0.1, -0.05) is 30.7 Å². The number of hydrogen-bond donors (Lipinski definition) is 3. The average Bonchev–Trinajstić information content (AvgIpc) is 2.93. The van der Waals surface area contributed by atoms with Gasteiger partial charge in [-0.2, -0.15) is 0 Å². The van der Waals surface area contributed by atoms with Crippen LogP contribution in [-0.2, 0) is 0 Å². The molecule has 0 radical (unpaired) electrons. The van der Waals surface area contributed by atoms with Gasteiger partial charge in [-0.15, -0.1) is 0 Å². The number of hydrogen-bond acceptors (Lipinski definition) is 5. The predicted molar refractivity (Wildman–Crippen MR) is 151 cm³/mol. The molecule has 0 aliphatic carbocycles. The highest BCUT2D eigenvalue weighted by atomic mass is 35.5. The quantitative estimate of drug-likeness (QED) is 0.347. The lowest BCUT2D eigenvalue weighted by molar-refractivity contribution is 0.0954. The predicted octanol–water partition coefficient (Wildman–Crippen LogP) is 5.60. The van der Waals surface area contributed by atoms with Gasteiger partial charge in [-0.3, -0.25) is 4.79 Å². The number of methoxy groups -OCH3 is 1. The van der Waals surface area contributed by atoms with Crippen molar-refractivity contribution in [3.8, 4) is 5.75 Å². The molecule has 1 aliphatic heterocycles. The number of nitrogens with zero attached hydrogens (tertiary/aromatic N) is 2. The first-order valence-corrected chi connectivity index (χ1v) is 12.9. The number of carbonyl (C=O) groups excluding carboxylic acids is 2. The minimum Gasteiger partial charge on any atom is -0.495 e. The van der Waals surface area contributed by atoms with Crippen LogP contribution in [-0.4, -0.2) is 51.8 Å². The zero-order valence-corrected chi connectivity index (χ0v) is 22.1. The number of urea groups is 1. The Labute approximate surface area is 226 Å². The van der Waals surface area contributed by atoms with E-state index in [1.165, 1.54) is 18.2 Å². The monoisotopic (exact) mass is 539 g/mol. The molecule has 3 N–H and O–H groups in total. The molecule has 0 aromatic heterocycles. The lowest BCUT2D eigenvalue weighted by Crippen LogP contribution is -2.47. The first-order chi connectivity index (χ1) is 18.4. The van der Waals surface area contributed by atoms with Crippen LogP contribution in [0, 0.1) is 5.82 Å². The molecule has 1 saturated heterocycles. The SMILES string of the molecule is CCCNC(=O)c1cc(NC(=O)Nc2ccc(F)c(Cl)c2)ccc1N1CCN(c2ccccc2OC)CC1. The van der Waals surface area contributed by atoms with Crippen LogP contribution in [0.15, 0.2) is 60.7 Å². The van der Waals surface area contributed by atoms with E-state index in [2.05, 4.69) is 25.8 Å². The lowest BCUT2D eigenvalue weighted by Gasteiger charge is -2.38. The van der Waals surface area contributed by atoms with Crippen LogP contribution in [0.3, 0.4) is 0 Å². The van der Waals surface area contributed by atoms with Crippen molar-refractivity contribution in [1.29, 1.82) is 0 Å². The van der Waals surface area contributed by atoms with Crippen molar-refractivity contribution in [1.82, 2.24) is 5.32 Å². The van der Waals surface area contributed by atoms with E-state index in [0.29, 0.717) is 36.6 Å². The van der Waals surface area contributed by atoms with Crippen LogP contribution in [0.25, 0.3) is 0 Å². The maximum Gasteiger partial charge on any atom is 0.323 e. The van der Waals surface area contributed by atoms with E-state index in [1.54, 1.807) is 19.2 Å². The van der Waals surface area contributed by atoms with Crippen molar-refractivity contribution in [2.75, 3.05) is 60.3 Å². The smallest absolute Gasteiger partial charge is 0.323 e. The molecule has 8 nitrogen and oxygen atoms in total. The van der Waals surface area contributed by atoms with Gasteiger partial charge in [0, 0.05) is 49.8 Å². The summed E-state index contributed by atoms with van der Waals surface area (Å²) >= 11 is 5.80. The van der Waals surface area contributed by atoms with Crippen LogP contribution in [0.1, 0.15) is 23.7 Å². The Kier molecular flexibility index (Phi) is 8.91. The van der Waals surface area contributed by atoms with Gasteiger partial charge < -0.3 is 30.5 Å². The number of rotatable bonds is 8. The Bertz CT molecular complexity index is 1300. The minimum atomic E-state index is -0.570. The number of nitrogens with one attached hydrogen (secondary N) is 3. The van der Waals surface area contributed by atoms with Gasteiger partial charge in [0.05, 0.1) is 23.4 Å². The molecule has 0 atom stereocenters. The minimum absolute atomic E-state index is 0.0900. The Morgan fingerprint density at radius 3 is 2.21 bits per heavy atom. The standard InChI is InChI=1S/C28H31ClFN5O3/c1-3-12-31-27(36)21-17-19(32-28(37)33-20-8-10-23(30)22(29)18-20)9-11-24(21)34-13-15-35(16-14-34)25-6-4-5-7-26(25)38-2/h4-11,17-18H,3,12-16H2,1-2H3,(H,31,36)(H2,32,33,37). The molecular weight excluding hydrogens is 509 g/mol. The van der Waals surface area contributed by atoms with Gasteiger partial charge in [0.25, 0.3) is 5.91 Å². The van der Waals surface area contributed by atoms with E-state index >= 15 is 0 Å². The summed E-state index contributed by atoms with van der Waals surface area (Å²) < 4.78 is 18.9. The van der Waals surface area contributed by atoms with E-state index in [-0.39, 0.29) is 10.9 Å². The van der Waals surface area contributed by atoms with Gasteiger partial charge in [0.1, 0.15) is 11.6 Å². The molecule has 0 saturated carbocycles. The summed E-state index contributed by atoms with van der Waals surface area (Å²) in [5.74, 6) is 0.0558. The van der Waals surface area contributed by atoms with Crippen LogP contribution >= 0.6 is 11.6 Å². The third-order valence-corrected chi connectivity index (χ3v) is 6.55. The molecule has 0 bridgehead atoms. The molecule has 1 heterocycles. The molecule has 10 heteroatoms. The summed E-state index contributed by atoms with van der Waals surface area (Å²) in [4.78, 5) is 30.1. The molecule has 0 unspecified atom stereocenters. The van der Waals surface area contributed by atoms with Crippen LogP contribution in [0.5, 0.6) is 5.75 Å². The van der Waals surface area contributed by atoms with Crippen LogP contribution in [0.4, 0.5) is 31.9 Å². The number of para-hydroxylation sites is 2. The zero-order valence-electron chi connectivity index (χ0n) is 21.4. The highest BCUT2D eigenvalue weighted by molar-refractivity contribution is 6.31. The zero-order chi connectivity index (χ0) is 27.1. The van der Waals surface area contributed by atoms with Gasteiger partial charge >= 0.3 is 6.03 Å². The number of carbonyl (C=O) groups is 2. The number of halogens is 2. The molecule has 0 spiro atoms. The molecular formula is C28H31ClFN5O3. The van der Waals surface area contributed by atoms with Crippen LogP contribution < -0.4 is 30.5 Å². The summed E-state index contributed by atoms with van der Waals surface area (Å²) in [6.07, 6.45) is 0.805. The molecule has 4 rings (SSSR count). The summed E-state index contributed by atoms with van der Waals surface area (Å²) in [5.41, 5.74) is 3.12. The molecule has 1 aliphatic rings. The third-order valence-electron chi connectivity index (χ3n) is 6.26. The molecule has 1 fully saturated rings. The number of anilines is 4. The van der Waals surface area contributed by atoms with E-state index in [9.17, 15) is 14.0 Å². The largest absolute Gasteiger partial charge is 0.495 e. The number of piperazine rings is 1. The van der Waals surface area contributed by atoms with Gasteiger partial charge in [0.2, 0.25) is 0 Å². The normalized spacial score (nSPS) is 13.2. The van der Waals surface area contributed by atoms with Gasteiger partial charge in [0.15, 0.2) is 0 Å². The Morgan fingerprint density at radius 2 is 1.55 bits per heavy atom. The van der Waals surface area contributed by atoms with Crippen molar-refractivity contribution in [2.24, 2.45) is 0 Å². The Balaban J connectivity index is 1.49.